The van der Waals surface area contributed by atoms with Crippen molar-refractivity contribution in [1.82, 2.24) is 4.31 Å². The molecule has 0 unspecified atom stereocenters. The molecule has 2 aromatic rings. The number of carbonyl (C=O) groups is 1. The number of nitrogens with one attached hydrogen (secondary N) is 1. The number of ether oxygens (including phenoxy) is 2. The van der Waals surface area contributed by atoms with E-state index < -0.39 is 10.0 Å². The summed E-state index contributed by atoms with van der Waals surface area (Å²) in [6.45, 7) is 7.47. The van der Waals surface area contributed by atoms with Crippen LogP contribution in [0.15, 0.2) is 41.3 Å². The van der Waals surface area contributed by atoms with Crippen LogP contribution >= 0.6 is 0 Å². The van der Waals surface area contributed by atoms with Crippen molar-refractivity contribution in [2.24, 2.45) is 0 Å². The van der Waals surface area contributed by atoms with Gasteiger partial charge in [0.05, 0.1) is 30.2 Å². The van der Waals surface area contributed by atoms with Gasteiger partial charge in [0.25, 0.3) is 0 Å². The second-order valence-corrected chi connectivity index (χ2v) is 9.96. The van der Waals surface area contributed by atoms with E-state index >= 15 is 0 Å². The van der Waals surface area contributed by atoms with Gasteiger partial charge in [0.15, 0.2) is 0 Å². The lowest BCUT2D eigenvalue weighted by Crippen LogP contribution is -2.35. The van der Waals surface area contributed by atoms with Gasteiger partial charge in [0.2, 0.25) is 15.9 Å². The average Bonchev–Trinajstić information content (AvgIpc) is 2.75. The third-order valence-corrected chi connectivity index (χ3v) is 7.17. The molecule has 3 rings (SSSR count). The van der Waals surface area contributed by atoms with Crippen LogP contribution in [0.3, 0.4) is 0 Å². The minimum atomic E-state index is -3.61. The molecule has 0 bridgehead atoms. The summed E-state index contributed by atoms with van der Waals surface area (Å²) in [7, 11) is -3.61. The van der Waals surface area contributed by atoms with Gasteiger partial charge in [0, 0.05) is 13.1 Å². The van der Waals surface area contributed by atoms with Crippen LogP contribution in [0.1, 0.15) is 43.7 Å². The van der Waals surface area contributed by atoms with E-state index in [-0.39, 0.29) is 23.8 Å². The van der Waals surface area contributed by atoms with Crippen molar-refractivity contribution >= 4 is 21.6 Å². The normalized spacial score (nSPS) is 14.7. The topological polar surface area (TPSA) is 84.9 Å². The molecule has 1 N–H and O–H groups in total. The second-order valence-electron chi connectivity index (χ2n) is 8.03. The first kappa shape index (κ1) is 24.1. The summed E-state index contributed by atoms with van der Waals surface area (Å²) < 4.78 is 38.9. The number of aryl methyl sites for hydroxylation is 2. The lowest BCUT2D eigenvalue weighted by atomic mass is 10.1. The number of hydrogen-bond donors (Lipinski definition) is 1. The van der Waals surface area contributed by atoms with Crippen molar-refractivity contribution in [2.75, 3.05) is 31.6 Å². The molecule has 0 radical (unpaired) electrons. The van der Waals surface area contributed by atoms with E-state index in [1.54, 1.807) is 6.07 Å². The van der Waals surface area contributed by atoms with Gasteiger partial charge in [-0.3, -0.25) is 4.79 Å². The summed E-state index contributed by atoms with van der Waals surface area (Å²) >= 11 is 0. The highest BCUT2D eigenvalue weighted by Gasteiger charge is 2.27. The van der Waals surface area contributed by atoms with Gasteiger partial charge in [-0.25, -0.2) is 8.42 Å². The van der Waals surface area contributed by atoms with Crippen molar-refractivity contribution in [3.05, 3.63) is 47.5 Å². The fourth-order valence-corrected chi connectivity index (χ4v) is 5.34. The zero-order valence-corrected chi connectivity index (χ0v) is 19.8. The minimum absolute atomic E-state index is 0.127. The molecule has 1 saturated heterocycles. The smallest absolute Gasteiger partial charge is 0.243 e. The lowest BCUT2D eigenvalue weighted by Gasteiger charge is -2.26. The molecule has 174 valence electrons. The van der Waals surface area contributed by atoms with Crippen molar-refractivity contribution in [3.8, 4) is 11.5 Å². The highest BCUT2D eigenvalue weighted by Crippen LogP contribution is 2.30. The van der Waals surface area contributed by atoms with E-state index in [0.29, 0.717) is 31.1 Å². The first-order valence-electron chi connectivity index (χ1n) is 11.1. The molecule has 7 nitrogen and oxygen atoms in total. The van der Waals surface area contributed by atoms with Crippen LogP contribution in [0.25, 0.3) is 0 Å². The molecule has 1 fully saturated rings. The van der Waals surface area contributed by atoms with E-state index in [1.165, 1.54) is 16.4 Å². The standard InChI is InChI=1S/C24H32N2O5S/c1-4-30-23-9-8-21(32(28,29)26-11-6-5-7-12-26)17-22(23)25-24(27)10-13-31-20-15-18(2)14-19(3)16-20/h8-9,14-17H,4-7,10-13H2,1-3H3,(H,25,27). The number of anilines is 1. The van der Waals surface area contributed by atoms with Crippen LogP contribution in [-0.2, 0) is 14.8 Å². The van der Waals surface area contributed by atoms with Crippen LogP contribution in [-0.4, -0.2) is 44.9 Å². The largest absolute Gasteiger partial charge is 0.493 e. The van der Waals surface area contributed by atoms with Gasteiger partial charge in [-0.1, -0.05) is 12.5 Å². The molecule has 1 aliphatic heterocycles. The molecule has 0 aromatic heterocycles. The van der Waals surface area contributed by atoms with Gasteiger partial charge < -0.3 is 14.8 Å². The summed E-state index contributed by atoms with van der Waals surface area (Å²) in [5, 5.41) is 2.79. The molecule has 2 aromatic carbocycles. The van der Waals surface area contributed by atoms with Crippen molar-refractivity contribution in [3.63, 3.8) is 0 Å². The van der Waals surface area contributed by atoms with Crippen LogP contribution in [0.2, 0.25) is 0 Å². The predicted molar refractivity (Wildman–Crippen MR) is 125 cm³/mol. The Morgan fingerprint density at radius 1 is 1.00 bits per heavy atom. The van der Waals surface area contributed by atoms with Gasteiger partial charge in [-0.15, -0.1) is 0 Å². The van der Waals surface area contributed by atoms with Gasteiger partial charge in [0.1, 0.15) is 11.5 Å². The second kappa shape index (κ2) is 10.8. The Morgan fingerprint density at radius 3 is 2.34 bits per heavy atom. The van der Waals surface area contributed by atoms with Crippen LogP contribution in [0, 0.1) is 13.8 Å². The maximum Gasteiger partial charge on any atom is 0.243 e. The summed E-state index contributed by atoms with van der Waals surface area (Å²) in [6.07, 6.45) is 2.89. The van der Waals surface area contributed by atoms with Gasteiger partial charge >= 0.3 is 0 Å². The predicted octanol–water partition coefficient (Wildman–Crippen LogP) is 4.28. The van der Waals surface area contributed by atoms with E-state index in [0.717, 1.165) is 36.1 Å². The SMILES string of the molecule is CCOc1ccc(S(=O)(=O)N2CCCCC2)cc1NC(=O)CCOc1cc(C)cc(C)c1. The molecule has 1 amide bonds. The molecule has 0 atom stereocenters. The molecule has 8 heteroatoms. The number of carbonyl (C=O) groups excluding carboxylic acids is 1. The number of sulfonamides is 1. The minimum Gasteiger partial charge on any atom is -0.493 e. The van der Waals surface area contributed by atoms with Crippen LogP contribution < -0.4 is 14.8 Å². The van der Waals surface area contributed by atoms with Crippen molar-refractivity contribution < 1.29 is 22.7 Å². The molecule has 0 aliphatic carbocycles. The Balaban J connectivity index is 1.69. The average molecular weight is 461 g/mol. The number of hydrogen-bond acceptors (Lipinski definition) is 5. The third-order valence-electron chi connectivity index (χ3n) is 5.27. The Bertz CT molecular complexity index is 1030. The monoisotopic (exact) mass is 460 g/mol. The number of benzene rings is 2. The third kappa shape index (κ3) is 6.23. The number of amides is 1. The fourth-order valence-electron chi connectivity index (χ4n) is 3.79. The quantitative estimate of drug-likeness (QED) is 0.604. The number of nitrogens with zero attached hydrogens (tertiary/aromatic N) is 1. The lowest BCUT2D eigenvalue weighted by molar-refractivity contribution is -0.116. The zero-order chi connectivity index (χ0) is 23.1. The maximum atomic E-state index is 13.0. The molecule has 1 heterocycles. The molecule has 0 spiro atoms. The first-order chi connectivity index (χ1) is 15.3. The Hall–Kier alpha value is -2.58. The van der Waals surface area contributed by atoms with Crippen LogP contribution in [0.5, 0.6) is 11.5 Å². The molecule has 0 saturated carbocycles. The summed E-state index contributed by atoms with van der Waals surface area (Å²) in [5.74, 6) is 0.886. The van der Waals surface area contributed by atoms with E-state index in [1.807, 2.05) is 32.9 Å². The summed E-state index contributed by atoms with van der Waals surface area (Å²) in [4.78, 5) is 12.7. The van der Waals surface area contributed by atoms with E-state index in [4.69, 9.17) is 9.47 Å². The Morgan fingerprint density at radius 2 is 1.69 bits per heavy atom. The number of rotatable bonds is 9. The molecular weight excluding hydrogens is 428 g/mol. The van der Waals surface area contributed by atoms with Crippen molar-refractivity contribution in [1.29, 1.82) is 0 Å². The maximum absolute atomic E-state index is 13.0. The molecule has 1 aliphatic rings. The highest BCUT2D eigenvalue weighted by atomic mass is 32.2. The van der Waals surface area contributed by atoms with Crippen molar-refractivity contribution in [2.45, 2.75) is 51.3 Å². The van der Waals surface area contributed by atoms with Gasteiger partial charge in [-0.05, 0) is 75.1 Å². The van der Waals surface area contributed by atoms with Crippen LogP contribution in [0.4, 0.5) is 5.69 Å². The Labute approximate surface area is 190 Å². The van der Waals surface area contributed by atoms with E-state index in [9.17, 15) is 13.2 Å². The molecule has 32 heavy (non-hydrogen) atoms. The zero-order valence-electron chi connectivity index (χ0n) is 19.0. The first-order valence-corrected chi connectivity index (χ1v) is 12.5. The Kier molecular flexibility index (Phi) is 8.15. The van der Waals surface area contributed by atoms with Gasteiger partial charge in [-0.2, -0.15) is 4.31 Å². The number of piperidine rings is 1. The fraction of sp³-hybridized carbons (Fsp3) is 0.458. The summed E-state index contributed by atoms with van der Waals surface area (Å²) in [6, 6.07) is 10.5. The van der Waals surface area contributed by atoms with E-state index in [2.05, 4.69) is 11.4 Å². The summed E-state index contributed by atoms with van der Waals surface area (Å²) in [5.41, 5.74) is 2.54. The molecular formula is C24H32N2O5S. The highest BCUT2D eigenvalue weighted by molar-refractivity contribution is 7.89.